The van der Waals surface area contributed by atoms with Gasteiger partial charge in [-0.3, -0.25) is 19.3 Å². The topological polar surface area (TPSA) is 54.5 Å². The zero-order valence-corrected chi connectivity index (χ0v) is 14.5. The highest BCUT2D eigenvalue weighted by molar-refractivity contribution is 6.21. The number of benzene rings is 3. The lowest BCUT2D eigenvalue weighted by atomic mass is 9.96. The van der Waals surface area contributed by atoms with E-state index in [0.29, 0.717) is 16.7 Å². The largest absolute Gasteiger partial charge is 0.294 e. The van der Waals surface area contributed by atoms with Crippen molar-refractivity contribution in [1.82, 2.24) is 4.90 Å². The van der Waals surface area contributed by atoms with Crippen molar-refractivity contribution >= 4 is 17.6 Å². The van der Waals surface area contributed by atoms with Gasteiger partial charge in [0, 0.05) is 12.0 Å². The van der Waals surface area contributed by atoms with Crippen LogP contribution in [0.25, 0.3) is 0 Å². The van der Waals surface area contributed by atoms with Gasteiger partial charge in [-0.15, -0.1) is 0 Å². The van der Waals surface area contributed by atoms with E-state index in [0.717, 1.165) is 5.56 Å². The van der Waals surface area contributed by atoms with Gasteiger partial charge in [-0.25, -0.2) is 0 Å². The van der Waals surface area contributed by atoms with E-state index in [2.05, 4.69) is 0 Å². The van der Waals surface area contributed by atoms with E-state index in [1.54, 1.807) is 48.5 Å². The highest BCUT2D eigenvalue weighted by Gasteiger charge is 2.41. The van der Waals surface area contributed by atoms with Crippen molar-refractivity contribution in [2.24, 2.45) is 0 Å². The van der Waals surface area contributed by atoms with Gasteiger partial charge >= 0.3 is 0 Å². The lowest BCUT2D eigenvalue weighted by Gasteiger charge is -2.26. The van der Waals surface area contributed by atoms with Crippen molar-refractivity contribution in [3.05, 3.63) is 107 Å². The minimum Gasteiger partial charge on any atom is -0.294 e. The number of hydrogen-bond donors (Lipinski definition) is 0. The van der Waals surface area contributed by atoms with E-state index in [-0.39, 0.29) is 24.0 Å². The van der Waals surface area contributed by atoms with Gasteiger partial charge in [-0.05, 0) is 17.7 Å². The van der Waals surface area contributed by atoms with Gasteiger partial charge in [0.1, 0.15) is 0 Å². The zero-order chi connectivity index (χ0) is 18.8. The molecule has 0 spiro atoms. The molecule has 0 saturated carbocycles. The Morgan fingerprint density at radius 3 is 1.74 bits per heavy atom. The first-order valence-electron chi connectivity index (χ1n) is 8.77. The molecule has 4 nitrogen and oxygen atoms in total. The first-order valence-corrected chi connectivity index (χ1v) is 8.77. The summed E-state index contributed by atoms with van der Waals surface area (Å²) in [7, 11) is 0. The van der Waals surface area contributed by atoms with Crippen LogP contribution in [-0.2, 0) is 0 Å². The van der Waals surface area contributed by atoms with Crippen LogP contribution < -0.4 is 0 Å². The van der Waals surface area contributed by atoms with E-state index >= 15 is 0 Å². The summed E-state index contributed by atoms with van der Waals surface area (Å²) >= 11 is 0. The summed E-state index contributed by atoms with van der Waals surface area (Å²) in [4.78, 5) is 39.9. The Kier molecular flexibility index (Phi) is 4.38. The first-order chi connectivity index (χ1) is 13.2. The summed E-state index contributed by atoms with van der Waals surface area (Å²) in [6, 6.07) is 24.3. The molecule has 1 aliphatic rings. The fraction of sp³-hybridized carbons (Fsp3) is 0.0870. The molecular formula is C23H17NO3. The summed E-state index contributed by atoms with van der Waals surface area (Å²) in [5, 5.41) is 0. The Balaban J connectivity index is 1.73. The molecule has 4 heteroatoms. The molecular weight excluding hydrogens is 338 g/mol. The molecule has 1 heterocycles. The number of imide groups is 1. The molecule has 1 aliphatic heterocycles. The first kappa shape index (κ1) is 16.9. The van der Waals surface area contributed by atoms with Crippen molar-refractivity contribution < 1.29 is 14.4 Å². The van der Waals surface area contributed by atoms with Crippen molar-refractivity contribution in [3.63, 3.8) is 0 Å². The van der Waals surface area contributed by atoms with Crippen molar-refractivity contribution in [3.8, 4) is 0 Å². The Morgan fingerprint density at radius 1 is 0.704 bits per heavy atom. The normalized spacial score (nSPS) is 14.1. The summed E-state index contributed by atoms with van der Waals surface area (Å²) in [6.07, 6.45) is 0.0412. The third-order valence-electron chi connectivity index (χ3n) is 4.80. The number of amides is 2. The standard InChI is InChI=1S/C23H17NO3/c25-21(17-11-5-2-6-12-17)15-20(16-9-3-1-4-10-16)24-22(26)18-13-7-8-14-19(18)23(24)27/h1-14,20H,15H2. The summed E-state index contributed by atoms with van der Waals surface area (Å²) in [6.45, 7) is 0. The Bertz CT molecular complexity index is 977. The highest BCUT2D eigenvalue weighted by Crippen LogP contribution is 2.34. The summed E-state index contributed by atoms with van der Waals surface area (Å²) in [5.41, 5.74) is 2.09. The van der Waals surface area contributed by atoms with Crippen LogP contribution in [0, 0.1) is 0 Å². The minimum atomic E-state index is -0.647. The number of nitrogens with zero attached hydrogens (tertiary/aromatic N) is 1. The molecule has 132 valence electrons. The number of Topliss-reactive ketones (excluding diaryl/α,β-unsaturated/α-hetero) is 1. The van der Waals surface area contributed by atoms with Gasteiger partial charge < -0.3 is 0 Å². The number of carbonyl (C=O) groups is 3. The van der Waals surface area contributed by atoms with E-state index in [1.807, 2.05) is 36.4 Å². The van der Waals surface area contributed by atoms with Gasteiger partial charge in [-0.1, -0.05) is 72.8 Å². The monoisotopic (exact) mass is 355 g/mol. The van der Waals surface area contributed by atoms with E-state index in [9.17, 15) is 14.4 Å². The zero-order valence-electron chi connectivity index (χ0n) is 14.5. The second kappa shape index (κ2) is 7.00. The van der Waals surface area contributed by atoms with Crippen LogP contribution in [-0.4, -0.2) is 22.5 Å². The predicted octanol–water partition coefficient (Wildman–Crippen LogP) is 4.30. The molecule has 0 fully saturated rings. The highest BCUT2D eigenvalue weighted by atomic mass is 16.2. The average Bonchev–Trinajstić information content (AvgIpc) is 2.98. The molecule has 3 aromatic carbocycles. The number of fused-ring (bicyclic) bond motifs is 1. The van der Waals surface area contributed by atoms with Crippen LogP contribution in [0.4, 0.5) is 0 Å². The molecule has 1 unspecified atom stereocenters. The second-order valence-corrected chi connectivity index (χ2v) is 6.45. The molecule has 3 aromatic rings. The maximum atomic E-state index is 12.9. The molecule has 27 heavy (non-hydrogen) atoms. The molecule has 0 N–H and O–H groups in total. The van der Waals surface area contributed by atoms with Gasteiger partial charge in [0.2, 0.25) is 0 Å². The lowest BCUT2D eigenvalue weighted by Crippen LogP contribution is -2.35. The third kappa shape index (κ3) is 3.06. The number of ketones is 1. The van der Waals surface area contributed by atoms with Crippen molar-refractivity contribution in [1.29, 1.82) is 0 Å². The van der Waals surface area contributed by atoms with E-state index < -0.39 is 6.04 Å². The summed E-state index contributed by atoms with van der Waals surface area (Å²) in [5.74, 6) is -0.823. The van der Waals surface area contributed by atoms with E-state index in [4.69, 9.17) is 0 Å². The smallest absolute Gasteiger partial charge is 0.262 e. The van der Waals surface area contributed by atoms with Crippen LogP contribution in [0.2, 0.25) is 0 Å². The van der Waals surface area contributed by atoms with Gasteiger partial charge in [0.05, 0.1) is 17.2 Å². The van der Waals surface area contributed by atoms with Crippen LogP contribution in [0.1, 0.15) is 49.1 Å². The van der Waals surface area contributed by atoms with Crippen LogP contribution >= 0.6 is 0 Å². The number of carbonyl (C=O) groups excluding carboxylic acids is 3. The molecule has 0 saturated heterocycles. The fourth-order valence-corrected chi connectivity index (χ4v) is 3.44. The molecule has 0 radical (unpaired) electrons. The van der Waals surface area contributed by atoms with Gasteiger partial charge in [-0.2, -0.15) is 0 Å². The Morgan fingerprint density at radius 2 is 1.19 bits per heavy atom. The maximum Gasteiger partial charge on any atom is 0.262 e. The molecule has 0 bridgehead atoms. The van der Waals surface area contributed by atoms with Crippen LogP contribution in [0.3, 0.4) is 0 Å². The molecule has 4 rings (SSSR count). The van der Waals surface area contributed by atoms with Crippen LogP contribution in [0.5, 0.6) is 0 Å². The second-order valence-electron chi connectivity index (χ2n) is 6.45. The fourth-order valence-electron chi connectivity index (χ4n) is 3.44. The lowest BCUT2D eigenvalue weighted by molar-refractivity contribution is 0.0569. The van der Waals surface area contributed by atoms with Crippen molar-refractivity contribution in [2.45, 2.75) is 12.5 Å². The minimum absolute atomic E-state index is 0.0412. The SMILES string of the molecule is O=C(CC(c1ccccc1)N1C(=O)c2ccccc2C1=O)c1ccccc1. The Labute approximate surface area is 157 Å². The predicted molar refractivity (Wildman–Crippen MR) is 102 cm³/mol. The van der Waals surface area contributed by atoms with Gasteiger partial charge in [0.25, 0.3) is 11.8 Å². The van der Waals surface area contributed by atoms with Gasteiger partial charge in [0.15, 0.2) is 5.78 Å². The molecule has 0 aromatic heterocycles. The summed E-state index contributed by atoms with van der Waals surface area (Å²) < 4.78 is 0. The number of rotatable bonds is 5. The van der Waals surface area contributed by atoms with Crippen LogP contribution in [0.15, 0.2) is 84.9 Å². The van der Waals surface area contributed by atoms with Crippen molar-refractivity contribution in [2.75, 3.05) is 0 Å². The molecule has 1 atom stereocenters. The van der Waals surface area contributed by atoms with E-state index in [1.165, 1.54) is 4.90 Å². The Hall–Kier alpha value is -3.53. The molecule has 0 aliphatic carbocycles. The average molecular weight is 355 g/mol. The molecule has 2 amide bonds. The third-order valence-corrected chi connectivity index (χ3v) is 4.80. The number of hydrogen-bond acceptors (Lipinski definition) is 3. The quantitative estimate of drug-likeness (QED) is 0.506. The maximum absolute atomic E-state index is 12.9.